The molecule has 1 aliphatic carbocycles. The number of aliphatic hydroxyl groups is 1. The van der Waals surface area contributed by atoms with Gasteiger partial charge in [-0.15, -0.1) is 0 Å². The molecule has 1 amide bonds. The zero-order valence-electron chi connectivity index (χ0n) is 9.70. The Labute approximate surface area is 91.5 Å². The van der Waals surface area contributed by atoms with Crippen molar-refractivity contribution in [2.45, 2.75) is 45.6 Å². The van der Waals surface area contributed by atoms with Crippen LogP contribution in [-0.2, 0) is 4.79 Å². The monoisotopic (exact) mass is 211 g/mol. The molecule has 0 atom stereocenters. The van der Waals surface area contributed by atoms with Crippen LogP contribution in [0.4, 0.5) is 0 Å². The maximum Gasteiger partial charge on any atom is 0.225 e. The fourth-order valence-corrected chi connectivity index (χ4v) is 2.91. The summed E-state index contributed by atoms with van der Waals surface area (Å²) in [6, 6.07) is 0. The molecule has 2 rings (SSSR count). The molecule has 1 saturated heterocycles. The summed E-state index contributed by atoms with van der Waals surface area (Å²) < 4.78 is 0. The van der Waals surface area contributed by atoms with Gasteiger partial charge in [0, 0.05) is 19.0 Å². The van der Waals surface area contributed by atoms with E-state index in [1.54, 1.807) is 0 Å². The van der Waals surface area contributed by atoms with Crippen molar-refractivity contribution in [3.05, 3.63) is 0 Å². The summed E-state index contributed by atoms with van der Waals surface area (Å²) >= 11 is 0. The number of nitrogens with zero attached hydrogens (tertiary/aromatic N) is 1. The summed E-state index contributed by atoms with van der Waals surface area (Å²) in [5, 5.41) is 9.35. The topological polar surface area (TPSA) is 40.5 Å². The van der Waals surface area contributed by atoms with Crippen LogP contribution in [-0.4, -0.2) is 35.1 Å². The summed E-state index contributed by atoms with van der Waals surface area (Å²) in [7, 11) is 0. The van der Waals surface area contributed by atoms with Crippen LogP contribution in [0.1, 0.15) is 39.5 Å². The van der Waals surface area contributed by atoms with Crippen molar-refractivity contribution in [2.75, 3.05) is 13.1 Å². The van der Waals surface area contributed by atoms with E-state index in [1.165, 1.54) is 0 Å². The van der Waals surface area contributed by atoms with Gasteiger partial charge < -0.3 is 10.0 Å². The third kappa shape index (κ3) is 2.03. The molecule has 1 saturated carbocycles. The van der Waals surface area contributed by atoms with Crippen LogP contribution in [0.15, 0.2) is 0 Å². The minimum absolute atomic E-state index is 0.0719. The van der Waals surface area contributed by atoms with Gasteiger partial charge in [-0.05, 0) is 31.1 Å². The Balaban J connectivity index is 1.85. The van der Waals surface area contributed by atoms with Crippen molar-refractivity contribution in [1.29, 1.82) is 0 Å². The summed E-state index contributed by atoms with van der Waals surface area (Å²) in [4.78, 5) is 13.7. The van der Waals surface area contributed by atoms with Crippen LogP contribution in [0.25, 0.3) is 0 Å². The average Bonchev–Trinajstić information content (AvgIpc) is 2.16. The van der Waals surface area contributed by atoms with Crippen molar-refractivity contribution in [2.24, 2.45) is 11.3 Å². The molecule has 1 spiro atoms. The van der Waals surface area contributed by atoms with Crippen molar-refractivity contribution >= 4 is 5.91 Å². The quantitative estimate of drug-likeness (QED) is 0.712. The Hall–Kier alpha value is -0.570. The first-order valence-electron chi connectivity index (χ1n) is 5.99. The lowest BCUT2D eigenvalue weighted by molar-refractivity contribution is -0.140. The normalized spacial score (nSPS) is 25.7. The van der Waals surface area contributed by atoms with E-state index in [0.717, 1.165) is 38.8 Å². The molecule has 1 N–H and O–H groups in total. The summed E-state index contributed by atoms with van der Waals surface area (Å²) in [5.74, 6) is 0.399. The molecule has 0 radical (unpaired) electrons. The third-order valence-electron chi connectivity index (χ3n) is 3.97. The van der Waals surface area contributed by atoms with E-state index in [0.29, 0.717) is 5.41 Å². The van der Waals surface area contributed by atoms with Gasteiger partial charge in [0.25, 0.3) is 0 Å². The number of carbonyl (C=O) groups excluding carboxylic acids is 1. The largest absolute Gasteiger partial charge is 0.393 e. The van der Waals surface area contributed by atoms with Crippen LogP contribution in [0, 0.1) is 11.3 Å². The zero-order chi connectivity index (χ0) is 11.1. The first kappa shape index (κ1) is 10.9. The van der Waals surface area contributed by atoms with Gasteiger partial charge in [0.2, 0.25) is 5.91 Å². The van der Waals surface area contributed by atoms with Gasteiger partial charge >= 0.3 is 0 Å². The number of amides is 1. The van der Waals surface area contributed by atoms with E-state index >= 15 is 0 Å². The predicted octanol–water partition coefficient (Wildman–Crippen LogP) is 1.41. The van der Waals surface area contributed by atoms with Crippen LogP contribution in [0.5, 0.6) is 0 Å². The highest BCUT2D eigenvalue weighted by Crippen LogP contribution is 2.49. The van der Waals surface area contributed by atoms with Crippen molar-refractivity contribution < 1.29 is 9.90 Å². The van der Waals surface area contributed by atoms with E-state index in [-0.39, 0.29) is 17.9 Å². The van der Waals surface area contributed by atoms with Crippen molar-refractivity contribution in [1.82, 2.24) is 4.90 Å². The van der Waals surface area contributed by atoms with Gasteiger partial charge in [-0.1, -0.05) is 13.8 Å². The standard InChI is InChI=1S/C12H21NO2/c1-9(2)11(15)13-5-3-12(4-6-13)7-10(14)8-12/h9-10,14H,3-8H2,1-2H3. The molecule has 1 aliphatic heterocycles. The number of piperidine rings is 1. The van der Waals surface area contributed by atoms with Crippen LogP contribution < -0.4 is 0 Å². The molecular weight excluding hydrogens is 190 g/mol. The second-order valence-electron chi connectivity index (χ2n) is 5.54. The average molecular weight is 211 g/mol. The number of aliphatic hydroxyl groups excluding tert-OH is 1. The SMILES string of the molecule is CC(C)C(=O)N1CCC2(CC1)CC(O)C2. The molecule has 1 heterocycles. The highest BCUT2D eigenvalue weighted by Gasteiger charge is 2.45. The first-order valence-corrected chi connectivity index (χ1v) is 5.99. The van der Waals surface area contributed by atoms with Gasteiger partial charge in [0.1, 0.15) is 0 Å². The fraction of sp³-hybridized carbons (Fsp3) is 0.917. The maximum absolute atomic E-state index is 11.8. The molecule has 0 aromatic carbocycles. The molecule has 0 aromatic heterocycles. The third-order valence-corrected chi connectivity index (χ3v) is 3.97. The summed E-state index contributed by atoms with van der Waals surface area (Å²) in [6.07, 6.45) is 4.01. The Morgan fingerprint density at radius 1 is 1.33 bits per heavy atom. The lowest BCUT2D eigenvalue weighted by atomic mass is 9.61. The van der Waals surface area contributed by atoms with E-state index in [2.05, 4.69) is 0 Å². The molecule has 2 aliphatic rings. The Bertz CT molecular complexity index is 246. The van der Waals surface area contributed by atoms with E-state index in [9.17, 15) is 9.90 Å². The maximum atomic E-state index is 11.8. The molecule has 0 bridgehead atoms. The number of rotatable bonds is 1. The first-order chi connectivity index (χ1) is 7.02. The van der Waals surface area contributed by atoms with Gasteiger partial charge in [0.15, 0.2) is 0 Å². The zero-order valence-corrected chi connectivity index (χ0v) is 9.70. The molecule has 15 heavy (non-hydrogen) atoms. The van der Waals surface area contributed by atoms with E-state index in [4.69, 9.17) is 0 Å². The molecule has 2 fully saturated rings. The van der Waals surface area contributed by atoms with Gasteiger partial charge in [-0.3, -0.25) is 4.79 Å². The van der Waals surface area contributed by atoms with Gasteiger partial charge in [0.05, 0.1) is 6.10 Å². The van der Waals surface area contributed by atoms with E-state index in [1.807, 2.05) is 18.7 Å². The number of hydrogen-bond donors (Lipinski definition) is 1. The van der Waals surface area contributed by atoms with Crippen molar-refractivity contribution in [3.63, 3.8) is 0 Å². The smallest absolute Gasteiger partial charge is 0.225 e. The fourth-order valence-electron chi connectivity index (χ4n) is 2.91. The molecule has 86 valence electrons. The number of likely N-dealkylation sites (tertiary alicyclic amines) is 1. The second kappa shape index (κ2) is 3.78. The Morgan fingerprint density at radius 2 is 1.87 bits per heavy atom. The molecule has 3 nitrogen and oxygen atoms in total. The molecule has 3 heteroatoms. The summed E-state index contributed by atoms with van der Waals surface area (Å²) in [5.41, 5.74) is 0.382. The van der Waals surface area contributed by atoms with Crippen LogP contribution in [0.3, 0.4) is 0 Å². The predicted molar refractivity (Wildman–Crippen MR) is 58.3 cm³/mol. The Kier molecular flexibility index (Phi) is 2.75. The van der Waals surface area contributed by atoms with Crippen LogP contribution >= 0.6 is 0 Å². The van der Waals surface area contributed by atoms with Crippen LogP contribution in [0.2, 0.25) is 0 Å². The van der Waals surface area contributed by atoms with Gasteiger partial charge in [-0.2, -0.15) is 0 Å². The van der Waals surface area contributed by atoms with Crippen molar-refractivity contribution in [3.8, 4) is 0 Å². The minimum atomic E-state index is -0.0719. The Morgan fingerprint density at radius 3 is 2.27 bits per heavy atom. The lowest BCUT2D eigenvalue weighted by Gasteiger charge is -2.50. The molecular formula is C12H21NO2. The molecule has 0 aromatic rings. The summed E-state index contributed by atoms with van der Waals surface area (Å²) in [6.45, 7) is 5.70. The number of hydrogen-bond acceptors (Lipinski definition) is 2. The highest BCUT2D eigenvalue weighted by molar-refractivity contribution is 5.78. The number of carbonyl (C=O) groups is 1. The van der Waals surface area contributed by atoms with E-state index < -0.39 is 0 Å². The lowest BCUT2D eigenvalue weighted by Crippen LogP contribution is -2.51. The highest BCUT2D eigenvalue weighted by atomic mass is 16.3. The van der Waals surface area contributed by atoms with Gasteiger partial charge in [-0.25, -0.2) is 0 Å². The minimum Gasteiger partial charge on any atom is -0.393 e. The molecule has 0 unspecified atom stereocenters. The second-order valence-corrected chi connectivity index (χ2v) is 5.54.